The van der Waals surface area contributed by atoms with Crippen LogP contribution in [0.3, 0.4) is 0 Å². The molecule has 0 aliphatic rings. The van der Waals surface area contributed by atoms with Crippen LogP contribution in [0, 0.1) is 0 Å². The fraction of sp³-hybridized carbons (Fsp3) is 0.483. The Labute approximate surface area is 213 Å². The molecule has 2 unspecified atom stereocenters. The van der Waals surface area contributed by atoms with Crippen LogP contribution in [0.15, 0.2) is 36.4 Å². The van der Waals surface area contributed by atoms with Gasteiger partial charge < -0.3 is 9.47 Å². The van der Waals surface area contributed by atoms with Gasteiger partial charge in [0, 0.05) is 36.8 Å². The zero-order valence-electron chi connectivity index (χ0n) is 22.4. The maximum Gasteiger partial charge on any atom is 0.147 e. The smallest absolute Gasteiger partial charge is 0.147 e. The molecule has 2 heterocycles. The Hall–Kier alpha value is -3.03. The van der Waals surface area contributed by atoms with Crippen LogP contribution in [0.5, 0.6) is 0 Å². The minimum atomic E-state index is -0.236. The van der Waals surface area contributed by atoms with Crippen molar-refractivity contribution in [3.05, 3.63) is 58.9 Å². The minimum Gasteiger partial charge on any atom is -0.383 e. The van der Waals surface area contributed by atoms with E-state index in [0.29, 0.717) is 26.3 Å². The van der Waals surface area contributed by atoms with Crippen molar-refractivity contribution in [2.75, 3.05) is 27.4 Å². The average molecular weight is 491 g/mol. The van der Waals surface area contributed by atoms with E-state index in [0.717, 1.165) is 57.2 Å². The van der Waals surface area contributed by atoms with E-state index in [9.17, 15) is 4.79 Å². The standard InChI is InChI=1S/C29H38N4O3/c1-7-25-23-11-9-21(17-27(23)32(30-25)13-15-35-5)19(3)29(34)20(4)22-10-12-24-26(8-2)31-33(14-16-36-6)28(24)18-22/h9-12,17-20H,7-8,13-16H2,1-6H3. The molecule has 0 radical (unpaired) electrons. The number of hydrogen-bond acceptors (Lipinski definition) is 5. The Morgan fingerprint density at radius 3 is 1.56 bits per heavy atom. The molecule has 0 aliphatic carbocycles. The highest BCUT2D eigenvalue weighted by Crippen LogP contribution is 2.31. The summed E-state index contributed by atoms with van der Waals surface area (Å²) in [5.41, 5.74) is 6.29. The van der Waals surface area contributed by atoms with Gasteiger partial charge in [0.05, 0.1) is 48.7 Å². The number of aryl methyl sites for hydroxylation is 2. The summed E-state index contributed by atoms with van der Waals surface area (Å²) in [7, 11) is 3.40. The third-order valence-corrected chi connectivity index (χ3v) is 7.24. The first-order chi connectivity index (χ1) is 17.4. The number of fused-ring (bicyclic) bond motifs is 2. The third-order valence-electron chi connectivity index (χ3n) is 7.24. The van der Waals surface area contributed by atoms with Gasteiger partial charge in [-0.25, -0.2) is 0 Å². The van der Waals surface area contributed by atoms with Gasteiger partial charge in [-0.1, -0.05) is 52.0 Å². The highest BCUT2D eigenvalue weighted by molar-refractivity contribution is 5.94. The van der Waals surface area contributed by atoms with Gasteiger partial charge in [-0.15, -0.1) is 0 Å². The molecule has 0 amide bonds. The fourth-order valence-electron chi connectivity index (χ4n) is 4.98. The highest BCUT2D eigenvalue weighted by Gasteiger charge is 2.25. The van der Waals surface area contributed by atoms with Crippen molar-refractivity contribution in [1.82, 2.24) is 19.6 Å². The van der Waals surface area contributed by atoms with Crippen LogP contribution >= 0.6 is 0 Å². The highest BCUT2D eigenvalue weighted by atomic mass is 16.5. The van der Waals surface area contributed by atoms with Gasteiger partial charge in [-0.3, -0.25) is 14.2 Å². The van der Waals surface area contributed by atoms with Gasteiger partial charge in [0.15, 0.2) is 0 Å². The van der Waals surface area contributed by atoms with E-state index in [1.54, 1.807) is 14.2 Å². The second-order valence-electron chi connectivity index (χ2n) is 9.43. The first-order valence-corrected chi connectivity index (χ1v) is 12.9. The summed E-state index contributed by atoms with van der Waals surface area (Å²) in [6.45, 7) is 10.8. The Kier molecular flexibility index (Phi) is 8.21. The van der Waals surface area contributed by atoms with Gasteiger partial charge >= 0.3 is 0 Å². The van der Waals surface area contributed by atoms with E-state index >= 15 is 0 Å². The molecule has 7 nitrogen and oxygen atoms in total. The molecule has 2 atom stereocenters. The van der Waals surface area contributed by atoms with Crippen LogP contribution in [0.4, 0.5) is 0 Å². The average Bonchev–Trinajstić information content (AvgIpc) is 3.45. The molecule has 192 valence electrons. The van der Waals surface area contributed by atoms with Crippen molar-refractivity contribution in [1.29, 1.82) is 0 Å². The van der Waals surface area contributed by atoms with Gasteiger partial charge in [0.2, 0.25) is 0 Å². The van der Waals surface area contributed by atoms with E-state index in [4.69, 9.17) is 19.7 Å². The molecule has 4 rings (SSSR count). The summed E-state index contributed by atoms with van der Waals surface area (Å²) in [5.74, 6) is -0.271. The monoisotopic (exact) mass is 490 g/mol. The number of benzene rings is 2. The molecule has 2 aromatic heterocycles. The van der Waals surface area contributed by atoms with Crippen LogP contribution < -0.4 is 0 Å². The van der Waals surface area contributed by atoms with Gasteiger partial charge in [0.25, 0.3) is 0 Å². The van der Waals surface area contributed by atoms with Gasteiger partial charge in [-0.05, 0) is 36.1 Å². The lowest BCUT2D eigenvalue weighted by Crippen LogP contribution is -2.17. The number of nitrogens with zero attached hydrogens (tertiary/aromatic N) is 4. The van der Waals surface area contributed by atoms with E-state index in [-0.39, 0.29) is 17.6 Å². The molecular formula is C29H38N4O3. The fourth-order valence-corrected chi connectivity index (χ4v) is 4.98. The largest absolute Gasteiger partial charge is 0.383 e. The quantitative estimate of drug-likeness (QED) is 0.270. The molecule has 0 spiro atoms. The number of ether oxygens (including phenoxy) is 2. The number of aromatic nitrogens is 4. The molecule has 2 aromatic carbocycles. The summed E-state index contributed by atoms with van der Waals surface area (Å²) in [6, 6.07) is 12.6. The van der Waals surface area contributed by atoms with E-state index < -0.39 is 0 Å². The Morgan fingerprint density at radius 2 is 1.19 bits per heavy atom. The topological polar surface area (TPSA) is 71.2 Å². The first kappa shape index (κ1) is 26.0. The third kappa shape index (κ3) is 4.95. The summed E-state index contributed by atoms with van der Waals surface area (Å²) >= 11 is 0. The Balaban J connectivity index is 1.63. The number of hydrogen-bond donors (Lipinski definition) is 0. The summed E-state index contributed by atoms with van der Waals surface area (Å²) in [6.07, 6.45) is 1.73. The van der Waals surface area contributed by atoms with Crippen molar-refractivity contribution in [2.24, 2.45) is 0 Å². The molecule has 0 saturated heterocycles. The van der Waals surface area contributed by atoms with Crippen LogP contribution in [0.1, 0.15) is 62.0 Å². The maximum atomic E-state index is 13.7. The van der Waals surface area contributed by atoms with Crippen LogP contribution in [-0.4, -0.2) is 52.8 Å². The predicted molar refractivity (Wildman–Crippen MR) is 144 cm³/mol. The molecule has 7 heteroatoms. The van der Waals surface area contributed by atoms with Crippen LogP contribution in [0.25, 0.3) is 21.8 Å². The van der Waals surface area contributed by atoms with E-state index in [1.807, 2.05) is 23.2 Å². The molecule has 0 aliphatic heterocycles. The maximum absolute atomic E-state index is 13.7. The van der Waals surface area contributed by atoms with Crippen LogP contribution in [0.2, 0.25) is 0 Å². The van der Waals surface area contributed by atoms with Crippen molar-refractivity contribution in [3.8, 4) is 0 Å². The number of methoxy groups -OCH3 is 2. The van der Waals surface area contributed by atoms with Crippen molar-refractivity contribution in [3.63, 3.8) is 0 Å². The van der Waals surface area contributed by atoms with Crippen molar-refractivity contribution >= 4 is 27.6 Å². The number of Topliss-reactive ketones (excluding diaryl/α,β-unsaturated/α-hetero) is 1. The lowest BCUT2D eigenvalue weighted by Gasteiger charge is -2.18. The van der Waals surface area contributed by atoms with Crippen LogP contribution in [-0.2, 0) is 40.2 Å². The molecule has 0 N–H and O–H groups in total. The SMILES string of the molecule is CCc1nn(CCOC)c2cc(C(C)C(=O)C(C)c3ccc4c(CC)nn(CCOC)c4c3)ccc12. The first-order valence-electron chi connectivity index (χ1n) is 12.9. The lowest BCUT2D eigenvalue weighted by molar-refractivity contribution is -0.121. The van der Waals surface area contributed by atoms with E-state index in [1.165, 1.54) is 0 Å². The number of rotatable bonds is 12. The minimum absolute atomic E-state index is 0.200. The molecule has 36 heavy (non-hydrogen) atoms. The zero-order chi connectivity index (χ0) is 25.8. The Bertz CT molecular complexity index is 1250. The molecular weight excluding hydrogens is 452 g/mol. The van der Waals surface area contributed by atoms with Gasteiger partial charge in [0.1, 0.15) is 5.78 Å². The second-order valence-corrected chi connectivity index (χ2v) is 9.43. The molecule has 0 saturated carbocycles. The van der Waals surface area contributed by atoms with Crippen molar-refractivity contribution in [2.45, 2.75) is 65.5 Å². The molecule has 0 bridgehead atoms. The normalized spacial score (nSPS) is 13.5. The molecule has 4 aromatic rings. The summed E-state index contributed by atoms with van der Waals surface area (Å²) < 4.78 is 14.6. The van der Waals surface area contributed by atoms with Crippen molar-refractivity contribution < 1.29 is 14.3 Å². The second kappa shape index (κ2) is 11.4. The predicted octanol–water partition coefficient (Wildman–Crippen LogP) is 5.28. The zero-order valence-corrected chi connectivity index (χ0v) is 22.4. The number of carbonyl (C=O) groups is 1. The number of carbonyl (C=O) groups excluding carboxylic acids is 1. The summed E-state index contributed by atoms with van der Waals surface area (Å²) in [4.78, 5) is 13.7. The summed E-state index contributed by atoms with van der Waals surface area (Å²) in [5, 5.41) is 11.8. The lowest BCUT2D eigenvalue weighted by atomic mass is 9.85. The molecule has 0 fully saturated rings. The number of ketones is 1. The van der Waals surface area contributed by atoms with E-state index in [2.05, 4.69) is 50.2 Å². The van der Waals surface area contributed by atoms with Gasteiger partial charge in [-0.2, -0.15) is 10.2 Å². The Morgan fingerprint density at radius 1 is 0.778 bits per heavy atom.